The highest BCUT2D eigenvalue weighted by atomic mass is 32.2. The molecular weight excluding hydrogens is 287 g/mol. The molecule has 2 rings (SSSR count). The molecule has 0 atom stereocenters. The van der Waals surface area contributed by atoms with Crippen molar-refractivity contribution in [1.82, 2.24) is 9.97 Å². The maximum Gasteiger partial charge on any atom is 0.416 e. The summed E-state index contributed by atoms with van der Waals surface area (Å²) in [5.41, 5.74) is 6.43. The van der Waals surface area contributed by atoms with Crippen LogP contribution in [-0.4, -0.2) is 16.2 Å². The van der Waals surface area contributed by atoms with E-state index in [9.17, 15) is 13.2 Å². The van der Waals surface area contributed by atoms with Crippen LogP contribution in [-0.2, 0) is 6.18 Å². The maximum atomic E-state index is 12.7. The molecule has 0 aliphatic heterocycles. The highest BCUT2D eigenvalue weighted by Gasteiger charge is 2.30. The number of nitrogens with two attached hydrogens (primary N) is 1. The molecule has 1 heterocycles. The number of halogens is 3. The number of anilines is 1. The fraction of sp³-hybridized carbons (Fsp3) is 0.231. The summed E-state index contributed by atoms with van der Waals surface area (Å²) < 4.78 is 38.2. The summed E-state index contributed by atoms with van der Waals surface area (Å²) in [7, 11) is 0. The van der Waals surface area contributed by atoms with Crippen molar-refractivity contribution in [2.75, 3.05) is 12.0 Å². The molecule has 20 heavy (non-hydrogen) atoms. The van der Waals surface area contributed by atoms with E-state index in [2.05, 4.69) is 9.97 Å². The third kappa shape index (κ3) is 2.87. The lowest BCUT2D eigenvalue weighted by Crippen LogP contribution is -2.06. The topological polar surface area (TPSA) is 51.8 Å². The van der Waals surface area contributed by atoms with Crippen LogP contribution in [0.4, 0.5) is 19.0 Å². The van der Waals surface area contributed by atoms with Gasteiger partial charge in [-0.25, -0.2) is 9.97 Å². The smallest absolute Gasteiger partial charge is 0.383 e. The van der Waals surface area contributed by atoms with Gasteiger partial charge in [-0.2, -0.15) is 13.2 Å². The maximum absolute atomic E-state index is 12.7. The molecule has 0 fully saturated rings. The van der Waals surface area contributed by atoms with Crippen molar-refractivity contribution in [3.8, 4) is 11.3 Å². The predicted octanol–water partition coefficient (Wildman–Crippen LogP) is 3.77. The number of thioether (sulfide) groups is 1. The van der Waals surface area contributed by atoms with E-state index in [1.165, 1.54) is 17.8 Å². The van der Waals surface area contributed by atoms with E-state index in [1.807, 2.05) is 0 Å². The summed E-state index contributed by atoms with van der Waals surface area (Å²) in [6.07, 6.45) is -2.61. The standard InChI is InChI=1S/C13H12F3N3S/c1-7-10(18-12(20-2)19-11(7)17)8-4-3-5-9(6-8)13(14,15)16/h3-6H,1-2H3,(H2,17,18,19). The van der Waals surface area contributed by atoms with Crippen molar-refractivity contribution >= 4 is 17.6 Å². The minimum atomic E-state index is -4.38. The van der Waals surface area contributed by atoms with Gasteiger partial charge in [-0.1, -0.05) is 23.9 Å². The monoisotopic (exact) mass is 299 g/mol. The number of rotatable bonds is 2. The largest absolute Gasteiger partial charge is 0.416 e. The summed E-state index contributed by atoms with van der Waals surface area (Å²) in [6, 6.07) is 5.03. The third-order valence-corrected chi connectivity index (χ3v) is 3.36. The molecule has 0 unspecified atom stereocenters. The van der Waals surface area contributed by atoms with Crippen molar-refractivity contribution in [2.45, 2.75) is 18.3 Å². The lowest BCUT2D eigenvalue weighted by atomic mass is 10.0. The molecule has 106 valence electrons. The number of nitrogen functional groups attached to an aromatic ring is 1. The zero-order valence-electron chi connectivity index (χ0n) is 10.8. The average molecular weight is 299 g/mol. The van der Waals surface area contributed by atoms with Gasteiger partial charge < -0.3 is 5.73 Å². The zero-order chi connectivity index (χ0) is 14.9. The number of nitrogens with zero attached hydrogens (tertiary/aromatic N) is 2. The number of aromatic nitrogens is 2. The predicted molar refractivity (Wildman–Crippen MR) is 73.4 cm³/mol. The number of benzene rings is 1. The van der Waals surface area contributed by atoms with Crippen LogP contribution in [0.15, 0.2) is 29.4 Å². The van der Waals surface area contributed by atoms with Crippen molar-refractivity contribution in [3.05, 3.63) is 35.4 Å². The lowest BCUT2D eigenvalue weighted by Gasteiger charge is -2.11. The second-order valence-corrected chi connectivity index (χ2v) is 4.92. The van der Waals surface area contributed by atoms with Gasteiger partial charge >= 0.3 is 6.18 Å². The molecule has 0 amide bonds. The SMILES string of the molecule is CSc1nc(N)c(C)c(-c2cccc(C(F)(F)F)c2)n1. The van der Waals surface area contributed by atoms with Crippen molar-refractivity contribution in [2.24, 2.45) is 0 Å². The van der Waals surface area contributed by atoms with Crippen molar-refractivity contribution < 1.29 is 13.2 Å². The van der Waals surface area contributed by atoms with Gasteiger partial charge in [0.2, 0.25) is 0 Å². The minimum Gasteiger partial charge on any atom is -0.383 e. The molecule has 3 nitrogen and oxygen atoms in total. The first-order valence-corrected chi connectivity index (χ1v) is 6.91. The van der Waals surface area contributed by atoms with Crippen LogP contribution >= 0.6 is 11.8 Å². The normalized spacial score (nSPS) is 11.7. The van der Waals surface area contributed by atoms with Crippen LogP contribution in [0.25, 0.3) is 11.3 Å². The Morgan fingerprint density at radius 3 is 2.50 bits per heavy atom. The molecular formula is C13H12F3N3S. The Balaban J connectivity index is 2.60. The van der Waals surface area contributed by atoms with Crippen molar-refractivity contribution in [1.29, 1.82) is 0 Å². The Bertz CT molecular complexity index is 641. The minimum absolute atomic E-state index is 0.275. The Labute approximate surface area is 118 Å². The summed E-state index contributed by atoms with van der Waals surface area (Å²) in [6.45, 7) is 1.69. The molecule has 0 aliphatic carbocycles. The van der Waals surface area contributed by atoms with Crippen LogP contribution in [0.1, 0.15) is 11.1 Å². The molecule has 2 N–H and O–H groups in total. The first kappa shape index (κ1) is 14.6. The second-order valence-electron chi connectivity index (χ2n) is 4.15. The fourth-order valence-electron chi connectivity index (χ4n) is 1.73. The molecule has 0 bridgehead atoms. The van der Waals surface area contributed by atoms with Gasteiger partial charge in [-0.05, 0) is 25.3 Å². The van der Waals surface area contributed by atoms with E-state index in [0.717, 1.165) is 12.1 Å². The summed E-state index contributed by atoms with van der Waals surface area (Å²) in [4.78, 5) is 8.31. The van der Waals surface area contributed by atoms with E-state index < -0.39 is 11.7 Å². The molecule has 1 aromatic heterocycles. The quantitative estimate of drug-likeness (QED) is 0.677. The van der Waals surface area contributed by atoms with E-state index in [0.29, 0.717) is 22.0 Å². The van der Waals surface area contributed by atoms with E-state index in [1.54, 1.807) is 19.2 Å². The van der Waals surface area contributed by atoms with E-state index in [-0.39, 0.29) is 5.82 Å². The highest BCUT2D eigenvalue weighted by Crippen LogP contribution is 2.33. The zero-order valence-corrected chi connectivity index (χ0v) is 11.6. The first-order chi connectivity index (χ1) is 9.32. The van der Waals surface area contributed by atoms with Gasteiger partial charge in [0.15, 0.2) is 5.16 Å². The Morgan fingerprint density at radius 1 is 1.20 bits per heavy atom. The van der Waals surface area contributed by atoms with Gasteiger partial charge in [0.05, 0.1) is 11.3 Å². The Kier molecular flexibility index (Phi) is 3.89. The summed E-state index contributed by atoms with van der Waals surface area (Å²) >= 11 is 1.29. The second kappa shape index (κ2) is 5.32. The fourth-order valence-corrected chi connectivity index (χ4v) is 2.10. The number of hydrogen-bond acceptors (Lipinski definition) is 4. The van der Waals surface area contributed by atoms with Crippen LogP contribution in [0.5, 0.6) is 0 Å². The van der Waals surface area contributed by atoms with Gasteiger partial charge in [-0.15, -0.1) is 0 Å². The Hall–Kier alpha value is -1.76. The number of alkyl halides is 3. The average Bonchev–Trinajstić information content (AvgIpc) is 2.41. The van der Waals surface area contributed by atoms with Crippen LogP contribution in [0, 0.1) is 6.92 Å². The Morgan fingerprint density at radius 2 is 1.90 bits per heavy atom. The van der Waals surface area contributed by atoms with Gasteiger partial charge in [0.25, 0.3) is 0 Å². The lowest BCUT2D eigenvalue weighted by molar-refractivity contribution is -0.137. The van der Waals surface area contributed by atoms with Crippen molar-refractivity contribution in [3.63, 3.8) is 0 Å². The van der Waals surface area contributed by atoms with Gasteiger partial charge in [0.1, 0.15) is 5.82 Å². The molecule has 0 saturated heterocycles. The highest BCUT2D eigenvalue weighted by molar-refractivity contribution is 7.98. The molecule has 0 aliphatic rings. The molecule has 1 aromatic carbocycles. The van der Waals surface area contributed by atoms with Crippen LogP contribution in [0.2, 0.25) is 0 Å². The summed E-state index contributed by atoms with van der Waals surface area (Å²) in [5.74, 6) is 0.275. The first-order valence-electron chi connectivity index (χ1n) is 5.68. The van der Waals surface area contributed by atoms with Gasteiger partial charge in [0, 0.05) is 11.1 Å². The van der Waals surface area contributed by atoms with E-state index in [4.69, 9.17) is 5.73 Å². The van der Waals surface area contributed by atoms with Crippen LogP contribution < -0.4 is 5.73 Å². The van der Waals surface area contributed by atoms with Gasteiger partial charge in [-0.3, -0.25) is 0 Å². The third-order valence-electron chi connectivity index (χ3n) is 2.81. The molecule has 0 radical (unpaired) electrons. The van der Waals surface area contributed by atoms with Crippen LogP contribution in [0.3, 0.4) is 0 Å². The van der Waals surface area contributed by atoms with E-state index >= 15 is 0 Å². The number of hydrogen-bond donors (Lipinski definition) is 1. The molecule has 0 saturated carbocycles. The molecule has 0 spiro atoms. The molecule has 2 aromatic rings. The summed E-state index contributed by atoms with van der Waals surface area (Å²) in [5, 5.41) is 0.431. The molecule has 7 heteroatoms.